The van der Waals surface area contributed by atoms with E-state index in [-0.39, 0.29) is 0 Å². The fourth-order valence-electron chi connectivity index (χ4n) is 3.70. The summed E-state index contributed by atoms with van der Waals surface area (Å²) in [5, 5.41) is 12.8. The molecule has 136 valence electrons. The zero-order valence-corrected chi connectivity index (χ0v) is 14.9. The molecule has 4 heterocycles. The molecule has 1 saturated heterocycles. The molecular weight excluding hydrogens is 340 g/mol. The summed E-state index contributed by atoms with van der Waals surface area (Å²) in [7, 11) is 0. The van der Waals surface area contributed by atoms with Crippen molar-refractivity contribution in [3.63, 3.8) is 0 Å². The highest BCUT2D eigenvalue weighted by atomic mass is 16.5. The lowest BCUT2D eigenvalue weighted by molar-refractivity contribution is 0.178. The molecule has 5 rings (SSSR count). The lowest BCUT2D eigenvalue weighted by Gasteiger charge is -2.29. The van der Waals surface area contributed by atoms with Gasteiger partial charge in [0.15, 0.2) is 5.65 Å². The zero-order valence-electron chi connectivity index (χ0n) is 14.9. The van der Waals surface area contributed by atoms with E-state index in [9.17, 15) is 0 Å². The third-order valence-electron chi connectivity index (χ3n) is 5.15. The minimum atomic E-state index is 0.432. The van der Waals surface area contributed by atoms with Gasteiger partial charge in [0.25, 0.3) is 0 Å². The van der Waals surface area contributed by atoms with Crippen LogP contribution in [0.4, 0.5) is 0 Å². The predicted octanol–water partition coefficient (Wildman–Crippen LogP) is 3.16. The lowest BCUT2D eigenvalue weighted by Crippen LogP contribution is -2.33. The van der Waals surface area contributed by atoms with Gasteiger partial charge in [-0.1, -0.05) is 41.6 Å². The van der Waals surface area contributed by atoms with Crippen LogP contribution in [0.1, 0.15) is 30.5 Å². The standard InChI is InChI=1S/C20H20N6O/c1-2-6-15(7-3-1)19-21-18(27-24-19)14-25-12-9-16(10-13-25)20-23-22-17-8-4-5-11-26(17)20/h1-8,11,16H,9-10,12-14H2. The van der Waals surface area contributed by atoms with E-state index in [2.05, 4.69) is 29.6 Å². The molecule has 7 nitrogen and oxygen atoms in total. The molecule has 27 heavy (non-hydrogen) atoms. The summed E-state index contributed by atoms with van der Waals surface area (Å²) < 4.78 is 7.55. The molecule has 1 aliphatic heterocycles. The second-order valence-electron chi connectivity index (χ2n) is 6.92. The molecule has 0 bridgehead atoms. The highest BCUT2D eigenvalue weighted by Gasteiger charge is 2.25. The third kappa shape index (κ3) is 3.21. The Kier molecular flexibility index (Phi) is 4.14. The van der Waals surface area contributed by atoms with Gasteiger partial charge in [-0.25, -0.2) is 0 Å². The van der Waals surface area contributed by atoms with E-state index < -0.39 is 0 Å². The molecule has 1 aromatic carbocycles. The van der Waals surface area contributed by atoms with Crippen molar-refractivity contribution in [2.45, 2.75) is 25.3 Å². The number of rotatable bonds is 4. The smallest absolute Gasteiger partial charge is 0.241 e. The molecule has 0 atom stereocenters. The maximum Gasteiger partial charge on any atom is 0.241 e. The number of hydrogen-bond acceptors (Lipinski definition) is 6. The van der Waals surface area contributed by atoms with E-state index in [0.29, 0.717) is 24.2 Å². The highest BCUT2D eigenvalue weighted by Crippen LogP contribution is 2.28. The Morgan fingerprint density at radius 2 is 1.78 bits per heavy atom. The van der Waals surface area contributed by atoms with Gasteiger partial charge in [0.05, 0.1) is 6.54 Å². The Labute approximate surface area is 156 Å². The number of piperidine rings is 1. The molecule has 0 N–H and O–H groups in total. The average molecular weight is 360 g/mol. The first-order valence-corrected chi connectivity index (χ1v) is 9.27. The van der Waals surface area contributed by atoms with Gasteiger partial charge in [0.1, 0.15) is 5.82 Å². The average Bonchev–Trinajstić information content (AvgIpc) is 3.37. The number of pyridine rings is 1. The third-order valence-corrected chi connectivity index (χ3v) is 5.15. The molecule has 0 unspecified atom stereocenters. The van der Waals surface area contributed by atoms with Crippen molar-refractivity contribution in [2.75, 3.05) is 13.1 Å². The van der Waals surface area contributed by atoms with Crippen LogP contribution in [-0.4, -0.2) is 42.7 Å². The van der Waals surface area contributed by atoms with Crippen LogP contribution in [0, 0.1) is 0 Å². The van der Waals surface area contributed by atoms with E-state index in [1.165, 1.54) is 0 Å². The van der Waals surface area contributed by atoms with E-state index >= 15 is 0 Å². The first kappa shape index (κ1) is 16.1. The second kappa shape index (κ2) is 6.92. The van der Waals surface area contributed by atoms with E-state index in [4.69, 9.17) is 4.52 Å². The van der Waals surface area contributed by atoms with Crippen molar-refractivity contribution in [1.29, 1.82) is 0 Å². The van der Waals surface area contributed by atoms with E-state index in [0.717, 1.165) is 43.0 Å². The topological polar surface area (TPSA) is 72.4 Å². The largest absolute Gasteiger partial charge is 0.338 e. The minimum absolute atomic E-state index is 0.432. The highest BCUT2D eigenvalue weighted by molar-refractivity contribution is 5.53. The number of aromatic nitrogens is 5. The summed E-state index contributed by atoms with van der Waals surface area (Å²) >= 11 is 0. The normalized spacial score (nSPS) is 16.1. The molecule has 0 spiro atoms. The molecule has 0 radical (unpaired) electrons. The number of benzene rings is 1. The van der Waals surface area contributed by atoms with Crippen LogP contribution in [0.25, 0.3) is 17.0 Å². The van der Waals surface area contributed by atoms with Crippen molar-refractivity contribution >= 4 is 5.65 Å². The van der Waals surface area contributed by atoms with Gasteiger partial charge in [-0.2, -0.15) is 4.98 Å². The van der Waals surface area contributed by atoms with E-state index in [1.54, 1.807) is 0 Å². The summed E-state index contributed by atoms with van der Waals surface area (Å²) in [6, 6.07) is 15.9. The molecule has 3 aromatic heterocycles. The number of fused-ring (bicyclic) bond motifs is 1. The molecule has 7 heteroatoms. The molecule has 0 saturated carbocycles. The molecule has 0 amide bonds. The van der Waals surface area contributed by atoms with Gasteiger partial charge in [-0.3, -0.25) is 9.30 Å². The van der Waals surface area contributed by atoms with Crippen LogP contribution in [0.2, 0.25) is 0 Å². The molecule has 1 fully saturated rings. The number of nitrogens with zero attached hydrogens (tertiary/aromatic N) is 6. The lowest BCUT2D eigenvalue weighted by atomic mass is 9.96. The minimum Gasteiger partial charge on any atom is -0.338 e. The van der Waals surface area contributed by atoms with Gasteiger partial charge in [0, 0.05) is 17.7 Å². The zero-order chi connectivity index (χ0) is 18.1. The van der Waals surface area contributed by atoms with Crippen LogP contribution < -0.4 is 0 Å². The summed E-state index contributed by atoms with van der Waals surface area (Å²) in [5.74, 6) is 2.81. The summed E-state index contributed by atoms with van der Waals surface area (Å²) in [5.41, 5.74) is 1.89. The van der Waals surface area contributed by atoms with Gasteiger partial charge < -0.3 is 4.52 Å². The van der Waals surface area contributed by atoms with Gasteiger partial charge >= 0.3 is 0 Å². The van der Waals surface area contributed by atoms with Gasteiger partial charge in [-0.15, -0.1) is 10.2 Å². The second-order valence-corrected chi connectivity index (χ2v) is 6.92. The Balaban J connectivity index is 1.23. The predicted molar refractivity (Wildman–Crippen MR) is 100.0 cm³/mol. The Hall–Kier alpha value is -3.06. The van der Waals surface area contributed by atoms with Crippen LogP contribution >= 0.6 is 0 Å². The van der Waals surface area contributed by atoms with Gasteiger partial charge in [-0.05, 0) is 38.1 Å². The maximum absolute atomic E-state index is 5.45. The summed E-state index contributed by atoms with van der Waals surface area (Å²) in [6.45, 7) is 2.65. The van der Waals surface area contributed by atoms with Crippen LogP contribution in [-0.2, 0) is 6.54 Å². The quantitative estimate of drug-likeness (QED) is 0.557. The Bertz CT molecular complexity index is 1030. The monoisotopic (exact) mass is 360 g/mol. The van der Waals surface area contributed by atoms with Crippen molar-refractivity contribution in [3.8, 4) is 11.4 Å². The fraction of sp³-hybridized carbons (Fsp3) is 0.300. The molecule has 1 aliphatic rings. The fourth-order valence-corrected chi connectivity index (χ4v) is 3.70. The number of hydrogen-bond donors (Lipinski definition) is 0. The van der Waals surface area contributed by atoms with Crippen molar-refractivity contribution in [3.05, 3.63) is 66.4 Å². The van der Waals surface area contributed by atoms with Crippen molar-refractivity contribution in [1.82, 2.24) is 29.6 Å². The van der Waals surface area contributed by atoms with Crippen LogP contribution in [0.5, 0.6) is 0 Å². The summed E-state index contributed by atoms with van der Waals surface area (Å²) in [4.78, 5) is 6.90. The first-order chi connectivity index (χ1) is 13.4. The first-order valence-electron chi connectivity index (χ1n) is 9.27. The Morgan fingerprint density at radius 1 is 0.963 bits per heavy atom. The van der Waals surface area contributed by atoms with Crippen molar-refractivity contribution in [2.24, 2.45) is 0 Å². The SMILES string of the molecule is c1ccc(-c2noc(CN3CCC(c4nnc5ccccn45)CC3)n2)cc1. The van der Waals surface area contributed by atoms with Gasteiger partial charge in [0.2, 0.25) is 11.7 Å². The Morgan fingerprint density at radius 3 is 2.63 bits per heavy atom. The maximum atomic E-state index is 5.45. The number of likely N-dealkylation sites (tertiary alicyclic amines) is 1. The molecular formula is C20H20N6O. The van der Waals surface area contributed by atoms with Crippen LogP contribution in [0.3, 0.4) is 0 Å². The molecule has 4 aromatic rings. The van der Waals surface area contributed by atoms with Crippen molar-refractivity contribution < 1.29 is 4.52 Å². The summed E-state index contributed by atoms with van der Waals surface area (Å²) in [6.07, 6.45) is 4.14. The van der Waals surface area contributed by atoms with Crippen LogP contribution in [0.15, 0.2) is 59.3 Å². The molecule has 0 aliphatic carbocycles. The van der Waals surface area contributed by atoms with E-state index in [1.807, 2.05) is 54.7 Å².